The highest BCUT2D eigenvalue weighted by Crippen LogP contribution is 2.25. The standard InChI is InChI=1S/C14H20N4/c1-2-4-12(9-16)17-14-11(8-15)7-10-5-3-6-13(10)18-14/h7,12H,2-6,9,16H2,1H3,(H,17,18). The van der Waals surface area contributed by atoms with Gasteiger partial charge in [-0.1, -0.05) is 13.3 Å². The van der Waals surface area contributed by atoms with Crippen molar-refractivity contribution in [3.63, 3.8) is 0 Å². The number of nitrogens with one attached hydrogen (secondary N) is 1. The number of aryl methyl sites for hydroxylation is 2. The van der Waals surface area contributed by atoms with Crippen LogP contribution < -0.4 is 11.1 Å². The number of aromatic nitrogens is 1. The molecule has 1 aliphatic rings. The van der Waals surface area contributed by atoms with Gasteiger partial charge in [-0.2, -0.15) is 5.26 Å². The number of pyridine rings is 1. The molecule has 1 aromatic heterocycles. The fourth-order valence-electron chi connectivity index (χ4n) is 2.46. The number of rotatable bonds is 5. The lowest BCUT2D eigenvalue weighted by Crippen LogP contribution is -2.29. The fourth-order valence-corrected chi connectivity index (χ4v) is 2.46. The van der Waals surface area contributed by atoms with Gasteiger partial charge in [-0.3, -0.25) is 0 Å². The Hall–Kier alpha value is -1.60. The minimum absolute atomic E-state index is 0.203. The molecule has 0 amide bonds. The lowest BCUT2D eigenvalue weighted by molar-refractivity contribution is 0.645. The molecule has 2 rings (SSSR count). The van der Waals surface area contributed by atoms with E-state index in [9.17, 15) is 5.26 Å². The van der Waals surface area contributed by atoms with Crippen molar-refractivity contribution in [3.8, 4) is 6.07 Å². The number of nitriles is 1. The lowest BCUT2D eigenvalue weighted by Gasteiger charge is -2.18. The highest BCUT2D eigenvalue weighted by atomic mass is 15.0. The van der Waals surface area contributed by atoms with Gasteiger partial charge in [0.15, 0.2) is 0 Å². The molecular formula is C14H20N4. The maximum atomic E-state index is 9.20. The molecule has 0 spiro atoms. The van der Waals surface area contributed by atoms with Crippen LogP contribution in [0.15, 0.2) is 6.07 Å². The number of nitrogens with two attached hydrogens (primary N) is 1. The van der Waals surface area contributed by atoms with Crippen molar-refractivity contribution in [2.75, 3.05) is 11.9 Å². The zero-order valence-corrected chi connectivity index (χ0v) is 10.9. The Labute approximate surface area is 108 Å². The van der Waals surface area contributed by atoms with Gasteiger partial charge < -0.3 is 11.1 Å². The second kappa shape index (κ2) is 5.83. The van der Waals surface area contributed by atoms with Crippen LogP contribution >= 0.6 is 0 Å². The molecule has 3 N–H and O–H groups in total. The molecule has 0 aliphatic heterocycles. The average molecular weight is 244 g/mol. The predicted molar refractivity (Wildman–Crippen MR) is 72.4 cm³/mol. The summed E-state index contributed by atoms with van der Waals surface area (Å²) in [7, 11) is 0. The summed E-state index contributed by atoms with van der Waals surface area (Å²) in [6.07, 6.45) is 5.29. The van der Waals surface area contributed by atoms with E-state index in [1.165, 1.54) is 5.56 Å². The van der Waals surface area contributed by atoms with E-state index in [4.69, 9.17) is 5.73 Å². The Bertz CT molecular complexity index is 462. The van der Waals surface area contributed by atoms with Crippen LogP contribution in [0.4, 0.5) is 5.82 Å². The number of anilines is 1. The molecule has 0 fully saturated rings. The van der Waals surface area contributed by atoms with E-state index in [0.29, 0.717) is 17.9 Å². The van der Waals surface area contributed by atoms with E-state index in [-0.39, 0.29) is 6.04 Å². The molecule has 96 valence electrons. The highest BCUT2D eigenvalue weighted by Gasteiger charge is 2.17. The third-order valence-electron chi connectivity index (χ3n) is 3.43. The zero-order valence-electron chi connectivity index (χ0n) is 10.9. The summed E-state index contributed by atoms with van der Waals surface area (Å²) < 4.78 is 0. The van der Waals surface area contributed by atoms with E-state index in [1.807, 2.05) is 6.07 Å². The van der Waals surface area contributed by atoms with Crippen LogP contribution in [0, 0.1) is 11.3 Å². The van der Waals surface area contributed by atoms with E-state index < -0.39 is 0 Å². The molecule has 1 aromatic rings. The van der Waals surface area contributed by atoms with Crippen LogP contribution in [-0.4, -0.2) is 17.6 Å². The molecule has 1 atom stereocenters. The second-order valence-electron chi connectivity index (χ2n) is 4.82. The Morgan fingerprint density at radius 1 is 1.56 bits per heavy atom. The van der Waals surface area contributed by atoms with Crippen LogP contribution in [-0.2, 0) is 12.8 Å². The Morgan fingerprint density at radius 2 is 2.39 bits per heavy atom. The molecule has 4 nitrogen and oxygen atoms in total. The Kier molecular flexibility index (Phi) is 4.16. The molecule has 1 unspecified atom stereocenters. The van der Waals surface area contributed by atoms with Crippen molar-refractivity contribution in [1.29, 1.82) is 5.26 Å². The van der Waals surface area contributed by atoms with Crippen LogP contribution in [0.3, 0.4) is 0 Å². The van der Waals surface area contributed by atoms with Gasteiger partial charge >= 0.3 is 0 Å². The molecule has 0 radical (unpaired) electrons. The van der Waals surface area contributed by atoms with Crippen LogP contribution in [0.2, 0.25) is 0 Å². The van der Waals surface area contributed by atoms with Crippen molar-refractivity contribution < 1.29 is 0 Å². The first-order valence-electron chi connectivity index (χ1n) is 6.68. The molecule has 18 heavy (non-hydrogen) atoms. The summed E-state index contributed by atoms with van der Waals surface area (Å²) in [6.45, 7) is 2.70. The van der Waals surface area contributed by atoms with Crippen molar-refractivity contribution in [3.05, 3.63) is 22.9 Å². The SMILES string of the molecule is CCCC(CN)Nc1nc2c(cc1C#N)CCC2. The molecule has 1 aliphatic carbocycles. The van der Waals surface area contributed by atoms with Crippen LogP contribution in [0.5, 0.6) is 0 Å². The number of hydrogen-bond acceptors (Lipinski definition) is 4. The first kappa shape index (κ1) is 12.8. The predicted octanol–water partition coefficient (Wildman–Crippen LogP) is 1.98. The summed E-state index contributed by atoms with van der Waals surface area (Å²) in [4.78, 5) is 4.60. The Morgan fingerprint density at radius 3 is 3.06 bits per heavy atom. The number of nitrogens with zero attached hydrogens (tertiary/aromatic N) is 2. The van der Waals surface area contributed by atoms with Crippen molar-refractivity contribution in [2.24, 2.45) is 5.73 Å². The van der Waals surface area contributed by atoms with Crippen LogP contribution in [0.25, 0.3) is 0 Å². The smallest absolute Gasteiger partial charge is 0.144 e. The monoisotopic (exact) mass is 244 g/mol. The highest BCUT2D eigenvalue weighted by molar-refractivity contribution is 5.55. The molecule has 0 bridgehead atoms. The zero-order chi connectivity index (χ0) is 13.0. The van der Waals surface area contributed by atoms with E-state index >= 15 is 0 Å². The number of hydrogen-bond donors (Lipinski definition) is 2. The molecule has 0 saturated heterocycles. The third kappa shape index (κ3) is 2.62. The van der Waals surface area contributed by atoms with E-state index in [1.54, 1.807) is 0 Å². The molecule has 0 aromatic carbocycles. The minimum Gasteiger partial charge on any atom is -0.365 e. The van der Waals surface area contributed by atoms with Gasteiger partial charge in [0.25, 0.3) is 0 Å². The van der Waals surface area contributed by atoms with Gasteiger partial charge in [0.1, 0.15) is 11.9 Å². The normalized spacial score (nSPS) is 14.9. The van der Waals surface area contributed by atoms with Crippen molar-refractivity contribution >= 4 is 5.82 Å². The van der Waals surface area contributed by atoms with Gasteiger partial charge in [-0.05, 0) is 37.3 Å². The van der Waals surface area contributed by atoms with Crippen LogP contribution in [0.1, 0.15) is 43.0 Å². The molecular weight excluding hydrogens is 224 g/mol. The summed E-state index contributed by atoms with van der Waals surface area (Å²) in [6, 6.07) is 4.42. The maximum absolute atomic E-state index is 9.20. The van der Waals surface area contributed by atoms with Gasteiger partial charge in [0.2, 0.25) is 0 Å². The summed E-state index contributed by atoms with van der Waals surface area (Å²) in [5.41, 5.74) is 8.76. The number of fused-ring (bicyclic) bond motifs is 1. The van der Waals surface area contributed by atoms with Gasteiger partial charge in [0, 0.05) is 18.3 Å². The topological polar surface area (TPSA) is 74.7 Å². The summed E-state index contributed by atoms with van der Waals surface area (Å²) in [5, 5.41) is 12.5. The first-order chi connectivity index (χ1) is 8.78. The molecule has 0 saturated carbocycles. The maximum Gasteiger partial charge on any atom is 0.144 e. The van der Waals surface area contributed by atoms with Gasteiger partial charge in [-0.15, -0.1) is 0 Å². The Balaban J connectivity index is 2.24. The lowest BCUT2D eigenvalue weighted by atomic mass is 10.1. The quantitative estimate of drug-likeness (QED) is 0.830. The van der Waals surface area contributed by atoms with Gasteiger partial charge in [-0.25, -0.2) is 4.98 Å². The average Bonchev–Trinajstić information content (AvgIpc) is 2.84. The largest absolute Gasteiger partial charge is 0.365 e. The first-order valence-corrected chi connectivity index (χ1v) is 6.68. The summed E-state index contributed by atoms with van der Waals surface area (Å²) >= 11 is 0. The van der Waals surface area contributed by atoms with E-state index in [2.05, 4.69) is 23.3 Å². The fraction of sp³-hybridized carbons (Fsp3) is 0.571. The van der Waals surface area contributed by atoms with Crippen molar-refractivity contribution in [2.45, 2.75) is 45.1 Å². The second-order valence-corrected chi connectivity index (χ2v) is 4.82. The van der Waals surface area contributed by atoms with Crippen molar-refractivity contribution in [1.82, 2.24) is 4.98 Å². The van der Waals surface area contributed by atoms with Gasteiger partial charge in [0.05, 0.1) is 5.56 Å². The summed E-state index contributed by atoms with van der Waals surface area (Å²) in [5.74, 6) is 0.710. The molecule has 4 heteroatoms. The molecule has 1 heterocycles. The minimum atomic E-state index is 0.203. The third-order valence-corrected chi connectivity index (χ3v) is 3.43. The van der Waals surface area contributed by atoms with E-state index in [0.717, 1.165) is 37.8 Å².